The second kappa shape index (κ2) is 8.34. The van der Waals surface area contributed by atoms with E-state index in [-0.39, 0.29) is 10.8 Å². The number of aromatic nitrogens is 4. The van der Waals surface area contributed by atoms with Gasteiger partial charge in [-0.15, -0.1) is 5.10 Å². The van der Waals surface area contributed by atoms with Crippen LogP contribution >= 0.6 is 11.8 Å². The number of carbonyl (C=O) groups is 1. The van der Waals surface area contributed by atoms with Gasteiger partial charge in [-0.1, -0.05) is 36.0 Å². The predicted molar refractivity (Wildman–Crippen MR) is 95.0 cm³/mol. The van der Waals surface area contributed by atoms with E-state index >= 15 is 0 Å². The molecule has 0 fully saturated rings. The van der Waals surface area contributed by atoms with Crippen molar-refractivity contribution in [2.75, 3.05) is 11.1 Å². The molecule has 30 heavy (non-hydrogen) atoms. The standard InChI is InChI=1S/C17H11F6N5OS/c18-16(19,20)10-5-1-3-7-12(10)24-14(29)9-30-15-25-26-27-28(15)13-8-4-2-6-11(13)17(21,22)23/h1-8H,9H2,(H,24,29). The number of thioether (sulfide) groups is 1. The van der Waals surface area contributed by atoms with Crippen LogP contribution in [-0.2, 0) is 17.1 Å². The molecule has 0 bridgehead atoms. The lowest BCUT2D eigenvalue weighted by Gasteiger charge is -2.14. The quantitative estimate of drug-likeness (QED) is 0.463. The zero-order valence-electron chi connectivity index (χ0n) is 14.7. The number of rotatable bonds is 5. The van der Waals surface area contributed by atoms with E-state index in [9.17, 15) is 31.1 Å². The molecular formula is C17H11F6N5OS. The Balaban J connectivity index is 1.76. The van der Waals surface area contributed by atoms with Crippen molar-refractivity contribution in [2.24, 2.45) is 0 Å². The summed E-state index contributed by atoms with van der Waals surface area (Å²) in [6, 6.07) is 8.99. The van der Waals surface area contributed by atoms with Crippen molar-refractivity contribution >= 4 is 23.4 Å². The van der Waals surface area contributed by atoms with Gasteiger partial charge in [-0.3, -0.25) is 4.79 Å². The summed E-state index contributed by atoms with van der Waals surface area (Å²) in [4.78, 5) is 12.1. The molecule has 158 valence electrons. The highest BCUT2D eigenvalue weighted by Gasteiger charge is 2.35. The molecule has 0 aliphatic heterocycles. The summed E-state index contributed by atoms with van der Waals surface area (Å²) in [6.07, 6.45) is -9.33. The maximum atomic E-state index is 13.2. The number of hydrogen-bond donors (Lipinski definition) is 1. The fourth-order valence-electron chi connectivity index (χ4n) is 2.47. The molecule has 1 aromatic heterocycles. The molecule has 0 aliphatic carbocycles. The lowest BCUT2D eigenvalue weighted by molar-refractivity contribution is -0.138. The monoisotopic (exact) mass is 447 g/mol. The average Bonchev–Trinajstić information content (AvgIpc) is 3.14. The zero-order chi connectivity index (χ0) is 21.9. The van der Waals surface area contributed by atoms with Crippen molar-refractivity contribution in [3.63, 3.8) is 0 Å². The Labute approximate surface area is 169 Å². The molecule has 3 rings (SSSR count). The molecule has 0 aliphatic rings. The van der Waals surface area contributed by atoms with Crippen molar-refractivity contribution in [1.82, 2.24) is 20.2 Å². The maximum Gasteiger partial charge on any atom is 0.418 e. The number of carbonyl (C=O) groups excluding carboxylic acids is 1. The largest absolute Gasteiger partial charge is 0.418 e. The normalized spacial score (nSPS) is 12.1. The van der Waals surface area contributed by atoms with Gasteiger partial charge >= 0.3 is 12.4 Å². The van der Waals surface area contributed by atoms with E-state index < -0.39 is 40.8 Å². The molecule has 0 saturated carbocycles. The van der Waals surface area contributed by atoms with Gasteiger partial charge in [0.25, 0.3) is 0 Å². The first-order valence-electron chi connectivity index (χ1n) is 8.11. The number of hydrogen-bond acceptors (Lipinski definition) is 5. The van der Waals surface area contributed by atoms with Crippen LogP contribution in [0.3, 0.4) is 0 Å². The number of amides is 1. The lowest BCUT2D eigenvalue weighted by Crippen LogP contribution is -2.18. The highest BCUT2D eigenvalue weighted by atomic mass is 32.2. The summed E-state index contributed by atoms with van der Waals surface area (Å²) < 4.78 is 79.5. The van der Waals surface area contributed by atoms with E-state index in [1.165, 1.54) is 24.3 Å². The molecule has 0 atom stereocenters. The van der Waals surface area contributed by atoms with Crippen LogP contribution in [0.2, 0.25) is 0 Å². The molecule has 1 heterocycles. The first-order valence-corrected chi connectivity index (χ1v) is 9.10. The van der Waals surface area contributed by atoms with E-state index in [4.69, 9.17) is 0 Å². The molecule has 3 aromatic rings. The van der Waals surface area contributed by atoms with Gasteiger partial charge in [0.2, 0.25) is 11.1 Å². The Morgan fingerprint density at radius 2 is 1.53 bits per heavy atom. The smallest absolute Gasteiger partial charge is 0.325 e. The van der Waals surface area contributed by atoms with Crippen molar-refractivity contribution in [2.45, 2.75) is 17.5 Å². The number of para-hydroxylation sites is 2. The van der Waals surface area contributed by atoms with E-state index in [1.807, 2.05) is 0 Å². The summed E-state index contributed by atoms with van der Waals surface area (Å²) in [6.45, 7) is 0. The Bertz CT molecular complexity index is 1050. The number of alkyl halides is 6. The van der Waals surface area contributed by atoms with Gasteiger partial charge in [-0.05, 0) is 34.7 Å². The van der Waals surface area contributed by atoms with Crippen molar-refractivity contribution in [1.29, 1.82) is 0 Å². The van der Waals surface area contributed by atoms with Crippen LogP contribution in [0.4, 0.5) is 32.0 Å². The fraction of sp³-hybridized carbons (Fsp3) is 0.176. The number of benzene rings is 2. The second-order valence-electron chi connectivity index (χ2n) is 5.77. The summed E-state index contributed by atoms with van der Waals surface area (Å²) in [5.74, 6) is -1.24. The SMILES string of the molecule is O=C(CSc1nnnn1-c1ccccc1C(F)(F)F)Nc1ccccc1C(F)(F)F. The zero-order valence-corrected chi connectivity index (χ0v) is 15.5. The first-order chi connectivity index (χ1) is 14.1. The van der Waals surface area contributed by atoms with Gasteiger partial charge in [0, 0.05) is 0 Å². The Morgan fingerprint density at radius 1 is 0.933 bits per heavy atom. The molecule has 0 unspecified atom stereocenters. The van der Waals surface area contributed by atoms with Crippen LogP contribution in [0, 0.1) is 0 Å². The number of tetrazole rings is 1. The molecule has 1 N–H and O–H groups in total. The molecule has 2 aromatic carbocycles. The highest BCUT2D eigenvalue weighted by molar-refractivity contribution is 7.99. The second-order valence-corrected chi connectivity index (χ2v) is 6.71. The molecule has 1 amide bonds. The van der Waals surface area contributed by atoms with Crippen molar-refractivity contribution < 1.29 is 31.1 Å². The van der Waals surface area contributed by atoms with E-state index in [0.29, 0.717) is 11.8 Å². The van der Waals surface area contributed by atoms with Crippen molar-refractivity contribution in [3.8, 4) is 5.69 Å². The minimum absolute atomic E-state index is 0.133. The van der Waals surface area contributed by atoms with Gasteiger partial charge in [0.15, 0.2) is 0 Å². The molecular weight excluding hydrogens is 436 g/mol. The van der Waals surface area contributed by atoms with Gasteiger partial charge in [-0.2, -0.15) is 31.0 Å². The van der Waals surface area contributed by atoms with Gasteiger partial charge in [0.05, 0.1) is 28.3 Å². The third-order valence-corrected chi connectivity index (χ3v) is 4.64. The van der Waals surface area contributed by atoms with Crippen LogP contribution in [-0.4, -0.2) is 31.9 Å². The Kier molecular flexibility index (Phi) is 6.01. The van der Waals surface area contributed by atoms with Gasteiger partial charge in [-0.25, -0.2) is 0 Å². The predicted octanol–water partition coefficient (Wildman–Crippen LogP) is 4.43. The minimum Gasteiger partial charge on any atom is -0.325 e. The minimum atomic E-state index is -4.66. The molecule has 6 nitrogen and oxygen atoms in total. The van der Waals surface area contributed by atoms with E-state index in [2.05, 4.69) is 20.8 Å². The van der Waals surface area contributed by atoms with E-state index in [1.54, 1.807) is 0 Å². The average molecular weight is 447 g/mol. The number of anilines is 1. The topological polar surface area (TPSA) is 72.7 Å². The summed E-state index contributed by atoms with van der Waals surface area (Å²) in [5, 5.41) is 12.4. The van der Waals surface area contributed by atoms with Crippen LogP contribution in [0.15, 0.2) is 53.7 Å². The molecule has 13 heteroatoms. The summed E-state index contributed by atoms with van der Waals surface area (Å²) in [7, 11) is 0. The summed E-state index contributed by atoms with van der Waals surface area (Å²) >= 11 is 0.675. The van der Waals surface area contributed by atoms with Crippen molar-refractivity contribution in [3.05, 3.63) is 59.7 Å². The van der Waals surface area contributed by atoms with Crippen LogP contribution in [0.1, 0.15) is 11.1 Å². The highest BCUT2D eigenvalue weighted by Crippen LogP contribution is 2.35. The first kappa shape index (κ1) is 21.6. The Morgan fingerprint density at radius 3 is 2.20 bits per heavy atom. The van der Waals surface area contributed by atoms with E-state index in [0.717, 1.165) is 28.9 Å². The number of nitrogens with zero attached hydrogens (tertiary/aromatic N) is 4. The maximum absolute atomic E-state index is 13.2. The third kappa shape index (κ3) is 4.90. The van der Waals surface area contributed by atoms with Crippen LogP contribution in [0.5, 0.6) is 0 Å². The third-order valence-electron chi connectivity index (χ3n) is 3.72. The van der Waals surface area contributed by atoms with Crippen LogP contribution in [0.25, 0.3) is 5.69 Å². The molecule has 0 saturated heterocycles. The Hall–Kier alpha value is -3.09. The summed E-state index contributed by atoms with van der Waals surface area (Å²) in [5.41, 5.74) is -2.78. The number of halogens is 6. The van der Waals surface area contributed by atoms with Gasteiger partial charge < -0.3 is 5.32 Å². The molecule has 0 spiro atoms. The lowest BCUT2D eigenvalue weighted by atomic mass is 10.1. The van der Waals surface area contributed by atoms with Gasteiger partial charge in [0.1, 0.15) is 0 Å². The molecule has 0 radical (unpaired) electrons. The van der Waals surface area contributed by atoms with Crippen LogP contribution < -0.4 is 5.32 Å². The fourth-order valence-corrected chi connectivity index (χ4v) is 3.16. The number of nitrogens with one attached hydrogen (secondary N) is 1.